The van der Waals surface area contributed by atoms with Gasteiger partial charge in [0.15, 0.2) is 0 Å². The average molecular weight is 325 g/mol. The number of benzene rings is 2. The molecule has 1 aliphatic rings. The fourth-order valence-corrected chi connectivity index (χ4v) is 2.90. The molecule has 2 aromatic carbocycles. The molecule has 0 bridgehead atoms. The molecule has 1 aliphatic heterocycles. The monoisotopic (exact) mass is 325 g/mol. The number of carbonyl (C=O) groups excluding carboxylic acids is 1. The highest BCUT2D eigenvalue weighted by Crippen LogP contribution is 2.32. The molecule has 3 rings (SSSR count). The van der Waals surface area contributed by atoms with Crippen molar-refractivity contribution in [2.45, 2.75) is 19.8 Å². The second-order valence-electron chi connectivity index (χ2n) is 5.67. The van der Waals surface area contributed by atoms with Crippen LogP contribution in [-0.2, 0) is 4.79 Å². The third kappa shape index (κ3) is 3.15. The van der Waals surface area contributed by atoms with Crippen molar-refractivity contribution in [3.8, 4) is 0 Å². The van der Waals surface area contributed by atoms with Gasteiger partial charge in [0.2, 0.25) is 5.91 Å². The first-order valence-electron chi connectivity index (χ1n) is 8.12. The fourth-order valence-electron chi connectivity index (χ4n) is 2.90. The van der Waals surface area contributed by atoms with Crippen molar-refractivity contribution in [2.24, 2.45) is 4.99 Å². The standard InChI is InChI=1S/C19H20FN3O/c1-3-23(4-2)15-8-6-14(7-9-15)21-12-17-16-11-13(20)5-10-18(16)22-19(17)24/h5-12,17H,3-4H2,1-2H3,(H,22,24). The Morgan fingerprint density at radius 3 is 2.54 bits per heavy atom. The largest absolute Gasteiger partial charge is 0.372 e. The third-order valence-corrected chi connectivity index (χ3v) is 4.24. The summed E-state index contributed by atoms with van der Waals surface area (Å²) < 4.78 is 13.4. The van der Waals surface area contributed by atoms with Gasteiger partial charge in [-0.25, -0.2) is 4.39 Å². The number of hydrogen-bond acceptors (Lipinski definition) is 3. The molecule has 0 spiro atoms. The Morgan fingerprint density at radius 1 is 1.17 bits per heavy atom. The lowest BCUT2D eigenvalue weighted by Gasteiger charge is -2.20. The second-order valence-corrected chi connectivity index (χ2v) is 5.67. The third-order valence-electron chi connectivity index (χ3n) is 4.24. The van der Waals surface area contributed by atoms with E-state index in [2.05, 4.69) is 29.1 Å². The molecule has 1 unspecified atom stereocenters. The molecule has 2 aromatic rings. The lowest BCUT2D eigenvalue weighted by molar-refractivity contribution is -0.115. The number of aliphatic imine (C=N–C) groups is 1. The summed E-state index contributed by atoms with van der Waals surface area (Å²) in [6.45, 7) is 6.13. The number of halogens is 1. The van der Waals surface area contributed by atoms with Gasteiger partial charge in [0.1, 0.15) is 11.7 Å². The Balaban J connectivity index is 1.79. The first-order valence-corrected chi connectivity index (χ1v) is 8.12. The van der Waals surface area contributed by atoms with Crippen molar-refractivity contribution in [2.75, 3.05) is 23.3 Å². The number of carbonyl (C=O) groups is 1. The summed E-state index contributed by atoms with van der Waals surface area (Å²) in [5.74, 6) is -1.09. The molecule has 0 aliphatic carbocycles. The van der Waals surface area contributed by atoms with E-state index in [0.29, 0.717) is 11.3 Å². The normalized spacial score (nSPS) is 16.3. The van der Waals surface area contributed by atoms with E-state index in [1.165, 1.54) is 12.1 Å². The van der Waals surface area contributed by atoms with Gasteiger partial charge in [-0.1, -0.05) is 0 Å². The van der Waals surface area contributed by atoms with Crippen LogP contribution in [0.1, 0.15) is 25.3 Å². The van der Waals surface area contributed by atoms with E-state index in [9.17, 15) is 9.18 Å². The maximum Gasteiger partial charge on any atom is 0.237 e. The lowest BCUT2D eigenvalue weighted by Crippen LogP contribution is -2.21. The van der Waals surface area contributed by atoms with Crippen LogP contribution in [0, 0.1) is 5.82 Å². The maximum atomic E-state index is 13.4. The molecule has 0 saturated carbocycles. The Kier molecular flexibility index (Phi) is 4.60. The van der Waals surface area contributed by atoms with E-state index in [-0.39, 0.29) is 11.7 Å². The molecule has 124 valence electrons. The van der Waals surface area contributed by atoms with Gasteiger partial charge < -0.3 is 10.2 Å². The summed E-state index contributed by atoms with van der Waals surface area (Å²) in [6, 6.07) is 12.2. The van der Waals surface area contributed by atoms with E-state index in [1.54, 1.807) is 12.3 Å². The summed E-state index contributed by atoms with van der Waals surface area (Å²) in [6.07, 6.45) is 1.58. The molecule has 24 heavy (non-hydrogen) atoms. The lowest BCUT2D eigenvalue weighted by atomic mass is 10.0. The topological polar surface area (TPSA) is 44.7 Å². The number of nitrogens with zero attached hydrogens (tertiary/aromatic N) is 2. The van der Waals surface area contributed by atoms with Crippen molar-refractivity contribution in [1.29, 1.82) is 0 Å². The van der Waals surface area contributed by atoms with Crippen molar-refractivity contribution in [1.82, 2.24) is 0 Å². The first kappa shape index (κ1) is 16.2. The van der Waals surface area contributed by atoms with Crippen LogP contribution in [0.15, 0.2) is 47.5 Å². The maximum absolute atomic E-state index is 13.4. The van der Waals surface area contributed by atoms with Crippen LogP contribution in [0.4, 0.5) is 21.5 Å². The summed E-state index contributed by atoms with van der Waals surface area (Å²) in [5, 5.41) is 2.75. The molecule has 4 nitrogen and oxygen atoms in total. The molecule has 0 radical (unpaired) electrons. The minimum absolute atomic E-state index is 0.181. The van der Waals surface area contributed by atoms with Crippen molar-refractivity contribution < 1.29 is 9.18 Å². The zero-order valence-electron chi connectivity index (χ0n) is 13.8. The van der Waals surface area contributed by atoms with E-state index < -0.39 is 5.92 Å². The van der Waals surface area contributed by atoms with E-state index in [0.717, 1.165) is 24.5 Å². The number of rotatable bonds is 5. The molecule has 5 heteroatoms. The Morgan fingerprint density at radius 2 is 1.88 bits per heavy atom. The molecule has 0 fully saturated rings. The zero-order valence-corrected chi connectivity index (χ0v) is 13.8. The molecular weight excluding hydrogens is 305 g/mol. The Bertz CT molecular complexity index is 767. The molecule has 1 amide bonds. The fraction of sp³-hybridized carbons (Fsp3) is 0.263. The van der Waals surface area contributed by atoms with E-state index in [4.69, 9.17) is 0 Å². The van der Waals surface area contributed by atoms with Crippen LogP contribution in [-0.4, -0.2) is 25.2 Å². The van der Waals surface area contributed by atoms with Crippen LogP contribution in [0.3, 0.4) is 0 Å². The van der Waals surface area contributed by atoms with Gasteiger partial charge in [0, 0.05) is 30.7 Å². The molecule has 0 saturated heterocycles. The summed E-state index contributed by atoms with van der Waals surface area (Å²) >= 11 is 0. The van der Waals surface area contributed by atoms with Crippen LogP contribution in [0.25, 0.3) is 0 Å². The van der Waals surface area contributed by atoms with Crippen LogP contribution in [0.2, 0.25) is 0 Å². The summed E-state index contributed by atoms with van der Waals surface area (Å²) in [4.78, 5) is 18.7. The molecular formula is C19H20FN3O. The van der Waals surface area contributed by atoms with Gasteiger partial charge in [0.05, 0.1) is 5.69 Å². The van der Waals surface area contributed by atoms with Crippen LogP contribution in [0.5, 0.6) is 0 Å². The SMILES string of the molecule is CCN(CC)c1ccc(N=CC2C(=O)Nc3ccc(F)cc32)cc1. The number of anilines is 2. The quantitative estimate of drug-likeness (QED) is 0.841. The highest BCUT2D eigenvalue weighted by molar-refractivity contribution is 6.12. The van der Waals surface area contributed by atoms with Crippen LogP contribution < -0.4 is 10.2 Å². The minimum atomic E-state index is -0.557. The zero-order chi connectivity index (χ0) is 17.1. The second kappa shape index (κ2) is 6.83. The van der Waals surface area contributed by atoms with E-state index >= 15 is 0 Å². The van der Waals surface area contributed by atoms with Crippen molar-refractivity contribution >= 4 is 29.2 Å². The van der Waals surface area contributed by atoms with Gasteiger partial charge in [0.25, 0.3) is 0 Å². The smallest absolute Gasteiger partial charge is 0.237 e. The number of nitrogens with one attached hydrogen (secondary N) is 1. The minimum Gasteiger partial charge on any atom is -0.372 e. The van der Waals surface area contributed by atoms with E-state index in [1.807, 2.05) is 24.3 Å². The van der Waals surface area contributed by atoms with Crippen molar-refractivity contribution in [3.05, 3.63) is 53.8 Å². The number of hydrogen-bond donors (Lipinski definition) is 1. The van der Waals surface area contributed by atoms with Gasteiger partial charge in [-0.05, 0) is 61.9 Å². The molecule has 1 heterocycles. The van der Waals surface area contributed by atoms with Crippen molar-refractivity contribution in [3.63, 3.8) is 0 Å². The Hall–Kier alpha value is -2.69. The summed E-state index contributed by atoms with van der Waals surface area (Å²) in [7, 11) is 0. The molecule has 1 atom stereocenters. The van der Waals surface area contributed by atoms with Gasteiger partial charge >= 0.3 is 0 Å². The number of amides is 1. The first-order chi connectivity index (χ1) is 11.6. The Labute approximate surface area is 141 Å². The van der Waals surface area contributed by atoms with Gasteiger partial charge in [-0.2, -0.15) is 0 Å². The predicted octanol–water partition coefficient (Wildman–Crippen LogP) is 4.11. The number of fused-ring (bicyclic) bond motifs is 1. The van der Waals surface area contributed by atoms with Gasteiger partial charge in [-0.3, -0.25) is 9.79 Å². The molecule has 1 N–H and O–H groups in total. The van der Waals surface area contributed by atoms with Crippen LogP contribution >= 0.6 is 0 Å². The highest BCUT2D eigenvalue weighted by atomic mass is 19.1. The summed E-state index contributed by atoms with van der Waals surface area (Å²) in [5.41, 5.74) is 3.19. The highest BCUT2D eigenvalue weighted by Gasteiger charge is 2.29. The average Bonchev–Trinajstić information content (AvgIpc) is 2.90. The molecule has 0 aromatic heterocycles. The van der Waals surface area contributed by atoms with Gasteiger partial charge in [-0.15, -0.1) is 0 Å². The predicted molar refractivity (Wildman–Crippen MR) is 95.9 cm³/mol.